The van der Waals surface area contributed by atoms with Gasteiger partial charge in [-0.2, -0.15) is 0 Å². The molecule has 3 heteroatoms. The molecule has 0 unspecified atom stereocenters. The molecule has 0 bridgehead atoms. The number of benzene rings is 1. The van der Waals surface area contributed by atoms with E-state index in [0.717, 1.165) is 11.1 Å². The van der Waals surface area contributed by atoms with Gasteiger partial charge in [-0.15, -0.1) is 0 Å². The van der Waals surface area contributed by atoms with E-state index in [0.29, 0.717) is 12.2 Å². The first-order valence-corrected chi connectivity index (χ1v) is 7.28. The third kappa shape index (κ3) is 3.70. The number of nitrogens with one attached hydrogen (secondary N) is 1. The molecule has 0 atom stereocenters. The molecule has 0 amide bonds. The number of hydrogen-bond acceptors (Lipinski definition) is 3. The topological polar surface area (TPSA) is 46.2 Å². The molecule has 0 heterocycles. The van der Waals surface area contributed by atoms with E-state index in [2.05, 4.69) is 5.32 Å². The minimum atomic E-state index is -0.288. The van der Waals surface area contributed by atoms with Gasteiger partial charge in [0.2, 0.25) is 5.43 Å². The van der Waals surface area contributed by atoms with Gasteiger partial charge in [0.25, 0.3) is 0 Å². The minimum Gasteiger partial charge on any atom is -0.382 e. The van der Waals surface area contributed by atoms with Crippen LogP contribution in [0.5, 0.6) is 0 Å². The lowest BCUT2D eigenvalue weighted by Crippen LogP contribution is -2.15. The summed E-state index contributed by atoms with van der Waals surface area (Å²) in [6, 6.07) is 14.5. The lowest BCUT2D eigenvalue weighted by Gasteiger charge is -2.00. The van der Waals surface area contributed by atoms with Crippen molar-refractivity contribution >= 4 is 17.5 Å². The van der Waals surface area contributed by atoms with E-state index in [9.17, 15) is 9.59 Å². The number of aryl methyl sites for hydroxylation is 1. The van der Waals surface area contributed by atoms with Crippen LogP contribution in [-0.4, -0.2) is 12.3 Å². The Morgan fingerprint density at radius 2 is 1.77 bits per heavy atom. The highest BCUT2D eigenvalue weighted by molar-refractivity contribution is 6.07. The van der Waals surface area contributed by atoms with Crippen LogP contribution in [0.3, 0.4) is 0 Å². The number of carbonyl (C=O) groups is 1. The van der Waals surface area contributed by atoms with Crippen LogP contribution in [0.1, 0.15) is 28.4 Å². The summed E-state index contributed by atoms with van der Waals surface area (Å²) in [4.78, 5) is 24.7. The van der Waals surface area contributed by atoms with Gasteiger partial charge in [0.1, 0.15) is 0 Å². The third-order valence-corrected chi connectivity index (χ3v) is 3.36. The van der Waals surface area contributed by atoms with Crippen molar-refractivity contribution in [3.8, 4) is 0 Å². The summed E-state index contributed by atoms with van der Waals surface area (Å²) in [6.45, 7) is 4.52. The highest BCUT2D eigenvalue weighted by Crippen LogP contribution is 2.10. The zero-order valence-electron chi connectivity index (χ0n) is 12.8. The summed E-state index contributed by atoms with van der Waals surface area (Å²) in [5.41, 5.74) is 2.40. The second-order valence-electron chi connectivity index (χ2n) is 4.96. The molecule has 0 saturated carbocycles. The second kappa shape index (κ2) is 7.36. The maximum atomic E-state index is 12.4. The zero-order valence-corrected chi connectivity index (χ0v) is 12.8. The highest BCUT2D eigenvalue weighted by Gasteiger charge is 2.08. The lowest BCUT2D eigenvalue weighted by atomic mass is 10.1. The Labute approximate surface area is 130 Å². The Morgan fingerprint density at radius 1 is 1.09 bits per heavy atom. The lowest BCUT2D eigenvalue weighted by molar-refractivity contribution is 0.104. The van der Waals surface area contributed by atoms with Gasteiger partial charge < -0.3 is 5.32 Å². The van der Waals surface area contributed by atoms with Crippen LogP contribution in [0.25, 0.3) is 6.08 Å². The van der Waals surface area contributed by atoms with E-state index < -0.39 is 0 Å². The minimum absolute atomic E-state index is 0.172. The second-order valence-corrected chi connectivity index (χ2v) is 4.96. The van der Waals surface area contributed by atoms with Crippen molar-refractivity contribution in [3.05, 3.63) is 81.5 Å². The number of ketones is 1. The third-order valence-electron chi connectivity index (χ3n) is 3.36. The Bertz CT molecular complexity index is 763. The molecule has 2 rings (SSSR count). The standard InChI is InChI=1S/C19H19NO2/c1-3-20-17-11-7-6-10-16(19(17)22)18(21)13-12-15-9-5-4-8-14(15)2/h4-13H,3H2,1-2H3,(H,20,22)/b13-12-. The fourth-order valence-corrected chi connectivity index (χ4v) is 2.15. The van der Waals surface area contributed by atoms with Gasteiger partial charge >= 0.3 is 0 Å². The Kier molecular flexibility index (Phi) is 5.26. The average molecular weight is 293 g/mol. The molecule has 0 spiro atoms. The van der Waals surface area contributed by atoms with Gasteiger partial charge in [-0.3, -0.25) is 9.59 Å². The molecule has 0 fully saturated rings. The predicted molar refractivity (Wildman–Crippen MR) is 91.4 cm³/mol. The van der Waals surface area contributed by atoms with E-state index in [1.807, 2.05) is 38.1 Å². The zero-order chi connectivity index (χ0) is 15.9. The van der Waals surface area contributed by atoms with Crippen LogP contribution < -0.4 is 10.7 Å². The quantitative estimate of drug-likeness (QED) is 0.675. The molecule has 2 aromatic carbocycles. The van der Waals surface area contributed by atoms with Gasteiger partial charge in [0.05, 0.1) is 11.3 Å². The molecule has 3 nitrogen and oxygen atoms in total. The fourth-order valence-electron chi connectivity index (χ4n) is 2.15. The molecule has 0 radical (unpaired) electrons. The molecule has 0 saturated heterocycles. The van der Waals surface area contributed by atoms with Gasteiger partial charge in [0.15, 0.2) is 5.78 Å². The molecular weight excluding hydrogens is 274 g/mol. The number of rotatable bonds is 5. The van der Waals surface area contributed by atoms with E-state index in [4.69, 9.17) is 0 Å². The summed E-state index contributed by atoms with van der Waals surface area (Å²) < 4.78 is 0. The largest absolute Gasteiger partial charge is 0.382 e. The first-order chi connectivity index (χ1) is 10.6. The summed E-state index contributed by atoms with van der Waals surface area (Å²) in [7, 11) is 0. The molecule has 0 aromatic heterocycles. The van der Waals surface area contributed by atoms with E-state index in [-0.39, 0.29) is 16.8 Å². The van der Waals surface area contributed by atoms with Gasteiger partial charge in [0, 0.05) is 6.54 Å². The molecular formula is C19H19NO2. The Morgan fingerprint density at radius 3 is 2.50 bits per heavy atom. The van der Waals surface area contributed by atoms with Crippen LogP contribution in [0.4, 0.5) is 5.69 Å². The van der Waals surface area contributed by atoms with Crippen molar-refractivity contribution in [2.24, 2.45) is 0 Å². The predicted octanol–water partition coefficient (Wildman–Crippen LogP) is 3.68. The molecule has 1 N–H and O–H groups in total. The van der Waals surface area contributed by atoms with Crippen LogP contribution in [0.2, 0.25) is 0 Å². The highest BCUT2D eigenvalue weighted by atomic mass is 16.1. The summed E-state index contributed by atoms with van der Waals surface area (Å²) in [5, 5.41) is 2.99. The van der Waals surface area contributed by atoms with Crippen molar-refractivity contribution in [1.82, 2.24) is 0 Å². The normalized spacial score (nSPS) is 10.6. The maximum absolute atomic E-state index is 12.4. The fraction of sp³-hybridized carbons (Fsp3) is 0.158. The van der Waals surface area contributed by atoms with Crippen molar-refractivity contribution in [1.29, 1.82) is 0 Å². The number of carbonyl (C=O) groups excluding carboxylic acids is 1. The van der Waals surface area contributed by atoms with Crippen LogP contribution >= 0.6 is 0 Å². The van der Waals surface area contributed by atoms with Gasteiger partial charge in [-0.25, -0.2) is 0 Å². The average Bonchev–Trinajstić information content (AvgIpc) is 2.69. The van der Waals surface area contributed by atoms with Crippen LogP contribution in [0.15, 0.2) is 59.4 Å². The Balaban J connectivity index is 2.35. The molecule has 112 valence electrons. The van der Waals surface area contributed by atoms with Crippen LogP contribution in [0, 0.1) is 6.92 Å². The molecule has 0 aliphatic heterocycles. The van der Waals surface area contributed by atoms with E-state index in [1.54, 1.807) is 30.3 Å². The monoisotopic (exact) mass is 293 g/mol. The SMILES string of the molecule is CCNc1ccccc(C(=O)/C=C\c2ccccc2C)c1=O. The first kappa shape index (κ1) is 15.7. The summed E-state index contributed by atoms with van der Waals surface area (Å²) >= 11 is 0. The maximum Gasteiger partial charge on any atom is 0.212 e. The number of anilines is 1. The van der Waals surface area contributed by atoms with Crippen molar-refractivity contribution in [3.63, 3.8) is 0 Å². The molecule has 2 aromatic rings. The van der Waals surface area contributed by atoms with Crippen LogP contribution in [-0.2, 0) is 0 Å². The number of hydrogen-bond donors (Lipinski definition) is 1. The number of allylic oxidation sites excluding steroid dienone is 1. The van der Waals surface area contributed by atoms with Gasteiger partial charge in [-0.05, 0) is 43.2 Å². The van der Waals surface area contributed by atoms with Crippen molar-refractivity contribution in [2.45, 2.75) is 13.8 Å². The molecule has 22 heavy (non-hydrogen) atoms. The summed E-state index contributed by atoms with van der Waals surface area (Å²) in [6.07, 6.45) is 3.20. The smallest absolute Gasteiger partial charge is 0.212 e. The van der Waals surface area contributed by atoms with E-state index >= 15 is 0 Å². The molecule has 0 aliphatic rings. The van der Waals surface area contributed by atoms with E-state index in [1.165, 1.54) is 6.08 Å². The van der Waals surface area contributed by atoms with Gasteiger partial charge in [-0.1, -0.05) is 42.5 Å². The first-order valence-electron chi connectivity index (χ1n) is 7.28. The van der Waals surface area contributed by atoms with Crippen molar-refractivity contribution in [2.75, 3.05) is 11.9 Å². The van der Waals surface area contributed by atoms with Crippen molar-refractivity contribution < 1.29 is 4.79 Å². The Hall–Kier alpha value is -2.68. The molecule has 0 aliphatic carbocycles. The summed E-state index contributed by atoms with van der Waals surface area (Å²) in [5.74, 6) is -0.288.